The van der Waals surface area contributed by atoms with E-state index >= 15 is 0 Å². The fourth-order valence-corrected chi connectivity index (χ4v) is 3.21. The highest BCUT2D eigenvalue weighted by Gasteiger charge is 2.23. The van der Waals surface area contributed by atoms with E-state index in [0.717, 1.165) is 12.5 Å². The van der Waals surface area contributed by atoms with Crippen molar-refractivity contribution in [3.8, 4) is 0 Å². The molecule has 88 valence electrons. The van der Waals surface area contributed by atoms with Crippen molar-refractivity contribution >= 4 is 32.9 Å². The summed E-state index contributed by atoms with van der Waals surface area (Å²) in [5, 5.41) is 10.2. The number of fused-ring (bicyclic) bond motifs is 2. The maximum absolute atomic E-state index is 4.65. The largest absolute Gasteiger partial charge is 0.311 e. The molecular formula is C14H11N3S. The first-order chi connectivity index (χ1) is 8.92. The normalized spacial score (nSPS) is 17.4. The van der Waals surface area contributed by atoms with Crippen molar-refractivity contribution in [1.82, 2.24) is 4.90 Å². The number of hydrazone groups is 1. The minimum absolute atomic E-state index is 0.789. The molecule has 0 atom stereocenters. The minimum atomic E-state index is 0.789. The second-order valence-corrected chi connectivity index (χ2v) is 5.20. The number of hydrogen-bond acceptors (Lipinski definition) is 4. The second-order valence-electron chi connectivity index (χ2n) is 4.29. The topological polar surface area (TPSA) is 18.8 Å². The van der Waals surface area contributed by atoms with E-state index in [9.17, 15) is 0 Å². The minimum Gasteiger partial charge on any atom is -0.311 e. The Hall–Kier alpha value is -2.07. The van der Waals surface area contributed by atoms with E-state index in [1.807, 2.05) is 18.2 Å². The third-order valence-electron chi connectivity index (χ3n) is 3.16. The smallest absolute Gasteiger partial charge is 0.154 e. The molecule has 3 nitrogen and oxygen atoms in total. The Kier molecular flexibility index (Phi) is 2.04. The van der Waals surface area contributed by atoms with Gasteiger partial charge in [0.2, 0.25) is 0 Å². The molecular weight excluding hydrogens is 242 g/mol. The molecule has 0 saturated carbocycles. The van der Waals surface area contributed by atoms with Gasteiger partial charge in [0.05, 0.1) is 5.69 Å². The monoisotopic (exact) mass is 253 g/mol. The Balaban J connectivity index is 1.79. The van der Waals surface area contributed by atoms with Crippen LogP contribution in [0.5, 0.6) is 0 Å². The van der Waals surface area contributed by atoms with Crippen LogP contribution in [0.3, 0.4) is 0 Å². The van der Waals surface area contributed by atoms with Gasteiger partial charge in [0.1, 0.15) is 6.67 Å². The predicted molar refractivity (Wildman–Crippen MR) is 76.7 cm³/mol. The Bertz CT molecular complexity index is 696. The molecule has 3 heterocycles. The van der Waals surface area contributed by atoms with Crippen molar-refractivity contribution in [3.05, 3.63) is 54.1 Å². The van der Waals surface area contributed by atoms with E-state index < -0.39 is 0 Å². The molecule has 0 bridgehead atoms. The van der Waals surface area contributed by atoms with E-state index in [1.54, 1.807) is 11.3 Å². The lowest BCUT2D eigenvalue weighted by Gasteiger charge is -2.17. The van der Waals surface area contributed by atoms with Crippen LogP contribution in [-0.2, 0) is 0 Å². The van der Waals surface area contributed by atoms with Crippen molar-refractivity contribution < 1.29 is 0 Å². The molecule has 0 fully saturated rings. The number of hydrogen-bond donors (Lipinski definition) is 0. The second kappa shape index (κ2) is 3.71. The molecule has 18 heavy (non-hydrogen) atoms. The van der Waals surface area contributed by atoms with Gasteiger partial charge >= 0.3 is 0 Å². The summed E-state index contributed by atoms with van der Waals surface area (Å²) >= 11 is 1.77. The molecule has 2 aliphatic heterocycles. The lowest BCUT2D eigenvalue weighted by Crippen LogP contribution is -2.25. The van der Waals surface area contributed by atoms with Crippen LogP contribution in [0.4, 0.5) is 5.69 Å². The van der Waals surface area contributed by atoms with Crippen LogP contribution in [0.25, 0.3) is 10.1 Å². The highest BCUT2D eigenvalue weighted by Crippen LogP contribution is 2.34. The van der Waals surface area contributed by atoms with Gasteiger partial charge < -0.3 is 4.90 Å². The van der Waals surface area contributed by atoms with Gasteiger partial charge in [0.25, 0.3) is 0 Å². The van der Waals surface area contributed by atoms with Gasteiger partial charge in [0, 0.05) is 21.7 Å². The first-order valence-corrected chi connectivity index (χ1v) is 6.74. The average molecular weight is 253 g/mol. The Morgan fingerprint density at radius 2 is 2.11 bits per heavy atom. The van der Waals surface area contributed by atoms with Crippen LogP contribution in [0.2, 0.25) is 0 Å². The lowest BCUT2D eigenvalue weighted by molar-refractivity contribution is 0.590. The standard InChI is InChI=1S/C14H11N3S/c1-2-6-13-11(5-1)12(9-18-13)17-10-16-8-4-3-7-14(16)15-17/h1-9H,10H2. The summed E-state index contributed by atoms with van der Waals surface area (Å²) in [4.78, 5) is 2.15. The Labute approximate surface area is 109 Å². The quantitative estimate of drug-likeness (QED) is 0.776. The molecule has 1 aromatic carbocycles. The number of anilines is 1. The first kappa shape index (κ1) is 9.91. The van der Waals surface area contributed by atoms with Gasteiger partial charge in [-0.15, -0.1) is 11.3 Å². The van der Waals surface area contributed by atoms with E-state index in [2.05, 4.69) is 50.9 Å². The van der Waals surface area contributed by atoms with Gasteiger partial charge in [0.15, 0.2) is 5.84 Å². The first-order valence-electron chi connectivity index (χ1n) is 5.86. The summed E-state index contributed by atoms with van der Waals surface area (Å²) in [6, 6.07) is 8.46. The number of thiophene rings is 1. The van der Waals surface area contributed by atoms with Crippen LogP contribution in [0.1, 0.15) is 0 Å². The van der Waals surface area contributed by atoms with Crippen LogP contribution in [-0.4, -0.2) is 17.4 Å². The summed E-state index contributed by atoms with van der Waals surface area (Å²) in [7, 11) is 0. The fraction of sp³-hybridized carbons (Fsp3) is 0.0714. The molecule has 1 aromatic heterocycles. The van der Waals surface area contributed by atoms with Crippen LogP contribution >= 0.6 is 11.3 Å². The number of amidine groups is 1. The maximum atomic E-state index is 4.65. The zero-order valence-electron chi connectivity index (χ0n) is 9.65. The van der Waals surface area contributed by atoms with Crippen molar-refractivity contribution in [2.75, 3.05) is 11.7 Å². The van der Waals surface area contributed by atoms with Gasteiger partial charge in [-0.25, -0.2) is 5.01 Å². The molecule has 4 rings (SSSR count). The molecule has 2 aliphatic rings. The molecule has 0 spiro atoms. The van der Waals surface area contributed by atoms with Gasteiger partial charge in [-0.1, -0.05) is 24.3 Å². The molecule has 0 unspecified atom stereocenters. The summed E-state index contributed by atoms with van der Waals surface area (Å²) in [6.45, 7) is 0.789. The van der Waals surface area contributed by atoms with E-state index in [4.69, 9.17) is 0 Å². The predicted octanol–water partition coefficient (Wildman–Crippen LogP) is 3.38. The summed E-state index contributed by atoms with van der Waals surface area (Å²) in [6.07, 6.45) is 8.15. The molecule has 2 aromatic rings. The van der Waals surface area contributed by atoms with Crippen LogP contribution in [0.15, 0.2) is 59.2 Å². The number of rotatable bonds is 1. The molecule has 4 heteroatoms. The Morgan fingerprint density at radius 3 is 3.06 bits per heavy atom. The lowest BCUT2D eigenvalue weighted by atomic mass is 10.2. The number of nitrogens with zero attached hydrogens (tertiary/aromatic N) is 3. The summed E-state index contributed by atoms with van der Waals surface area (Å²) < 4.78 is 1.31. The van der Waals surface area contributed by atoms with Gasteiger partial charge in [-0.05, 0) is 18.2 Å². The van der Waals surface area contributed by atoms with Crippen LogP contribution in [0, 0.1) is 0 Å². The zero-order valence-corrected chi connectivity index (χ0v) is 10.5. The highest BCUT2D eigenvalue weighted by atomic mass is 32.1. The Morgan fingerprint density at radius 1 is 1.17 bits per heavy atom. The molecule has 0 saturated heterocycles. The third-order valence-corrected chi connectivity index (χ3v) is 4.12. The van der Waals surface area contributed by atoms with Gasteiger partial charge in [-0.2, -0.15) is 5.10 Å². The zero-order chi connectivity index (χ0) is 11.9. The molecule has 0 N–H and O–H groups in total. The number of benzene rings is 1. The highest BCUT2D eigenvalue weighted by molar-refractivity contribution is 7.17. The summed E-state index contributed by atoms with van der Waals surface area (Å²) in [5.41, 5.74) is 1.19. The third kappa shape index (κ3) is 1.39. The SMILES string of the molecule is C1=CC2=NN(c3csc4ccccc34)CN2C=C1. The van der Waals surface area contributed by atoms with Crippen LogP contribution < -0.4 is 5.01 Å². The summed E-state index contributed by atoms with van der Waals surface area (Å²) in [5.74, 6) is 1.01. The average Bonchev–Trinajstić information content (AvgIpc) is 3.02. The van der Waals surface area contributed by atoms with Crippen molar-refractivity contribution in [3.63, 3.8) is 0 Å². The van der Waals surface area contributed by atoms with Gasteiger partial charge in [-0.3, -0.25) is 0 Å². The van der Waals surface area contributed by atoms with Crippen molar-refractivity contribution in [1.29, 1.82) is 0 Å². The van der Waals surface area contributed by atoms with Crippen molar-refractivity contribution in [2.24, 2.45) is 5.10 Å². The number of allylic oxidation sites excluding steroid dienone is 2. The van der Waals surface area contributed by atoms with E-state index in [0.29, 0.717) is 0 Å². The molecule has 0 radical (unpaired) electrons. The molecule has 0 aliphatic carbocycles. The molecule has 0 amide bonds. The maximum Gasteiger partial charge on any atom is 0.154 e. The van der Waals surface area contributed by atoms with E-state index in [1.165, 1.54) is 15.8 Å². The fourth-order valence-electron chi connectivity index (χ4n) is 2.27. The van der Waals surface area contributed by atoms with Crippen molar-refractivity contribution in [2.45, 2.75) is 0 Å². The van der Waals surface area contributed by atoms with E-state index in [-0.39, 0.29) is 0 Å².